The van der Waals surface area contributed by atoms with E-state index in [-0.39, 0.29) is 0 Å². The summed E-state index contributed by atoms with van der Waals surface area (Å²) in [5, 5.41) is 13.7. The Hall–Kier alpha value is -1.68. The number of aliphatic hydroxyl groups is 1. The van der Waals surface area contributed by atoms with Gasteiger partial charge in [-0.3, -0.25) is 4.68 Å². The van der Waals surface area contributed by atoms with Gasteiger partial charge in [0.2, 0.25) is 0 Å². The van der Waals surface area contributed by atoms with Crippen LogP contribution in [0.25, 0.3) is 11.3 Å². The van der Waals surface area contributed by atoms with E-state index in [1.807, 2.05) is 30.3 Å². The van der Waals surface area contributed by atoms with Crippen molar-refractivity contribution in [2.45, 2.75) is 6.10 Å². The van der Waals surface area contributed by atoms with Crippen LogP contribution in [-0.2, 0) is 7.05 Å². The van der Waals surface area contributed by atoms with Gasteiger partial charge in [-0.1, -0.05) is 30.3 Å². The van der Waals surface area contributed by atoms with Crippen molar-refractivity contribution < 1.29 is 9.50 Å². The fourth-order valence-electron chi connectivity index (χ4n) is 1.62. The minimum Gasteiger partial charge on any atom is -0.384 e. The molecule has 0 spiro atoms. The van der Waals surface area contributed by atoms with Crippen molar-refractivity contribution in [3.05, 3.63) is 42.1 Å². The first kappa shape index (κ1) is 10.8. The van der Waals surface area contributed by atoms with Crippen molar-refractivity contribution in [3.63, 3.8) is 0 Å². The molecule has 0 radical (unpaired) electrons. The lowest BCUT2D eigenvalue weighted by molar-refractivity contribution is 0.133. The highest BCUT2D eigenvalue weighted by Gasteiger charge is 2.14. The second kappa shape index (κ2) is 4.45. The molecule has 0 saturated heterocycles. The average Bonchev–Trinajstić information content (AvgIpc) is 2.71. The van der Waals surface area contributed by atoms with Crippen LogP contribution in [0.4, 0.5) is 4.39 Å². The molecule has 1 atom stereocenters. The standard InChI is InChI=1S/C12H13FN2O/c1-15-11(12(16)8-13)7-10(14-15)9-5-3-2-4-6-9/h2-7,12,16H,8H2,1H3. The molecule has 2 rings (SSSR count). The molecule has 3 nitrogen and oxygen atoms in total. The molecule has 84 valence electrons. The van der Waals surface area contributed by atoms with E-state index < -0.39 is 12.8 Å². The van der Waals surface area contributed by atoms with Crippen LogP contribution in [0, 0.1) is 0 Å². The van der Waals surface area contributed by atoms with Gasteiger partial charge in [0.1, 0.15) is 12.8 Å². The molecule has 0 amide bonds. The largest absolute Gasteiger partial charge is 0.384 e. The summed E-state index contributed by atoms with van der Waals surface area (Å²) in [5.74, 6) is 0. The molecule has 0 fully saturated rings. The molecule has 1 aromatic carbocycles. The number of halogens is 1. The predicted molar refractivity (Wildman–Crippen MR) is 59.6 cm³/mol. The summed E-state index contributed by atoms with van der Waals surface area (Å²) < 4.78 is 13.9. The van der Waals surface area contributed by atoms with Crippen LogP contribution >= 0.6 is 0 Å². The topological polar surface area (TPSA) is 38.0 Å². The number of hydrogen-bond acceptors (Lipinski definition) is 2. The zero-order chi connectivity index (χ0) is 11.5. The lowest BCUT2D eigenvalue weighted by Gasteiger charge is -2.04. The summed E-state index contributed by atoms with van der Waals surface area (Å²) in [5.41, 5.74) is 2.18. The molecule has 0 aliphatic carbocycles. The van der Waals surface area contributed by atoms with E-state index >= 15 is 0 Å². The van der Waals surface area contributed by atoms with Crippen molar-refractivity contribution in [2.24, 2.45) is 7.05 Å². The normalized spacial score (nSPS) is 12.7. The molecule has 1 N–H and O–H groups in total. The van der Waals surface area contributed by atoms with Crippen molar-refractivity contribution in [1.82, 2.24) is 9.78 Å². The van der Waals surface area contributed by atoms with E-state index in [0.717, 1.165) is 11.3 Å². The third-order valence-corrected chi connectivity index (χ3v) is 2.47. The quantitative estimate of drug-likeness (QED) is 0.860. The van der Waals surface area contributed by atoms with Gasteiger partial charge in [-0.25, -0.2) is 4.39 Å². The van der Waals surface area contributed by atoms with E-state index in [1.54, 1.807) is 13.1 Å². The van der Waals surface area contributed by atoms with Gasteiger partial charge in [0.15, 0.2) is 0 Å². The van der Waals surface area contributed by atoms with Gasteiger partial charge in [0.25, 0.3) is 0 Å². The molecule has 1 heterocycles. The Morgan fingerprint density at radius 1 is 1.38 bits per heavy atom. The van der Waals surface area contributed by atoms with Crippen LogP contribution in [0.1, 0.15) is 11.8 Å². The number of aromatic nitrogens is 2. The highest BCUT2D eigenvalue weighted by Crippen LogP contribution is 2.22. The van der Waals surface area contributed by atoms with Gasteiger partial charge in [-0.2, -0.15) is 5.10 Å². The zero-order valence-corrected chi connectivity index (χ0v) is 8.97. The first-order chi connectivity index (χ1) is 7.72. The number of hydrogen-bond donors (Lipinski definition) is 1. The number of alkyl halides is 1. The van der Waals surface area contributed by atoms with Crippen LogP contribution in [0.2, 0.25) is 0 Å². The Balaban J connectivity index is 2.38. The summed E-state index contributed by atoms with van der Waals surface area (Å²) in [6, 6.07) is 11.3. The molecule has 1 aromatic heterocycles. The van der Waals surface area contributed by atoms with Crippen molar-refractivity contribution in [2.75, 3.05) is 6.67 Å². The van der Waals surface area contributed by atoms with Crippen LogP contribution < -0.4 is 0 Å². The fraction of sp³-hybridized carbons (Fsp3) is 0.250. The van der Waals surface area contributed by atoms with E-state index in [4.69, 9.17) is 0 Å². The Kier molecular flexibility index (Phi) is 3.01. The monoisotopic (exact) mass is 220 g/mol. The molecule has 4 heteroatoms. The van der Waals surface area contributed by atoms with Gasteiger partial charge in [0.05, 0.1) is 11.4 Å². The molecular formula is C12H13FN2O. The lowest BCUT2D eigenvalue weighted by Crippen LogP contribution is -2.06. The number of nitrogens with zero attached hydrogens (tertiary/aromatic N) is 2. The van der Waals surface area contributed by atoms with Gasteiger partial charge >= 0.3 is 0 Å². The highest BCUT2D eigenvalue weighted by atomic mass is 19.1. The van der Waals surface area contributed by atoms with Crippen LogP contribution in [0.5, 0.6) is 0 Å². The van der Waals surface area contributed by atoms with Gasteiger partial charge in [-0.05, 0) is 6.07 Å². The van der Waals surface area contributed by atoms with Crippen LogP contribution in [0.3, 0.4) is 0 Å². The number of aryl methyl sites for hydroxylation is 1. The van der Waals surface area contributed by atoms with E-state index in [2.05, 4.69) is 5.10 Å². The Morgan fingerprint density at radius 3 is 2.69 bits per heavy atom. The van der Waals surface area contributed by atoms with Gasteiger partial charge < -0.3 is 5.11 Å². The summed E-state index contributed by atoms with van der Waals surface area (Å²) in [7, 11) is 1.70. The Bertz CT molecular complexity index is 467. The van der Waals surface area contributed by atoms with E-state index in [0.29, 0.717) is 5.69 Å². The highest BCUT2D eigenvalue weighted by molar-refractivity contribution is 5.59. The Labute approximate surface area is 93.2 Å². The SMILES string of the molecule is Cn1nc(-c2ccccc2)cc1C(O)CF. The smallest absolute Gasteiger partial charge is 0.124 e. The van der Waals surface area contributed by atoms with Crippen LogP contribution in [-0.4, -0.2) is 21.6 Å². The molecule has 0 aliphatic rings. The first-order valence-corrected chi connectivity index (χ1v) is 5.05. The maximum atomic E-state index is 12.4. The Morgan fingerprint density at radius 2 is 2.06 bits per heavy atom. The summed E-state index contributed by atoms with van der Waals surface area (Å²) >= 11 is 0. The lowest BCUT2D eigenvalue weighted by atomic mass is 10.1. The zero-order valence-electron chi connectivity index (χ0n) is 8.97. The van der Waals surface area contributed by atoms with E-state index in [9.17, 15) is 9.50 Å². The third kappa shape index (κ3) is 1.97. The number of aliphatic hydroxyl groups excluding tert-OH is 1. The molecule has 16 heavy (non-hydrogen) atoms. The molecule has 0 bridgehead atoms. The maximum absolute atomic E-state index is 12.4. The first-order valence-electron chi connectivity index (χ1n) is 5.05. The minimum atomic E-state index is -1.10. The molecular weight excluding hydrogens is 207 g/mol. The van der Waals surface area contributed by atoms with Crippen LogP contribution in [0.15, 0.2) is 36.4 Å². The number of rotatable bonds is 3. The molecule has 0 saturated carbocycles. The third-order valence-electron chi connectivity index (χ3n) is 2.47. The fourth-order valence-corrected chi connectivity index (χ4v) is 1.62. The summed E-state index contributed by atoms with van der Waals surface area (Å²) in [6.45, 7) is -0.798. The summed E-state index contributed by atoms with van der Waals surface area (Å²) in [6.07, 6.45) is -1.10. The van der Waals surface area contributed by atoms with Gasteiger partial charge in [0, 0.05) is 12.6 Å². The summed E-state index contributed by atoms with van der Waals surface area (Å²) in [4.78, 5) is 0. The van der Waals surface area contributed by atoms with Gasteiger partial charge in [-0.15, -0.1) is 0 Å². The molecule has 0 aliphatic heterocycles. The van der Waals surface area contributed by atoms with E-state index in [1.165, 1.54) is 4.68 Å². The second-order valence-corrected chi connectivity index (χ2v) is 3.61. The average molecular weight is 220 g/mol. The minimum absolute atomic E-state index is 0.487. The molecule has 2 aromatic rings. The van der Waals surface area contributed by atoms with Crippen molar-refractivity contribution in [1.29, 1.82) is 0 Å². The predicted octanol–water partition coefficient (Wildman–Crippen LogP) is 2.09. The number of benzene rings is 1. The maximum Gasteiger partial charge on any atom is 0.124 e. The van der Waals surface area contributed by atoms with Crippen molar-refractivity contribution in [3.8, 4) is 11.3 Å². The van der Waals surface area contributed by atoms with Crippen molar-refractivity contribution >= 4 is 0 Å². The molecule has 1 unspecified atom stereocenters. The second-order valence-electron chi connectivity index (χ2n) is 3.61.